The van der Waals surface area contributed by atoms with Gasteiger partial charge in [0.2, 0.25) is 11.8 Å². The van der Waals surface area contributed by atoms with Crippen molar-refractivity contribution in [1.29, 1.82) is 0 Å². The minimum atomic E-state index is -0.666. The Morgan fingerprint density at radius 2 is 1.84 bits per heavy atom. The van der Waals surface area contributed by atoms with Crippen LogP contribution in [0.15, 0.2) is 42.5 Å². The molecule has 0 aliphatic carbocycles. The molecule has 1 fully saturated rings. The maximum atomic E-state index is 12.3. The molecule has 0 saturated carbocycles. The Morgan fingerprint density at radius 3 is 2.44 bits per heavy atom. The number of carbonyl (C=O) groups is 3. The quantitative estimate of drug-likeness (QED) is 0.881. The molecule has 3 rings (SSSR count). The van der Waals surface area contributed by atoms with Crippen LogP contribution in [0.2, 0.25) is 5.02 Å². The number of amides is 3. The van der Waals surface area contributed by atoms with Gasteiger partial charge in [-0.2, -0.15) is 0 Å². The Labute approximate surface area is 149 Å². The van der Waals surface area contributed by atoms with E-state index in [1.807, 2.05) is 0 Å². The van der Waals surface area contributed by atoms with Crippen LogP contribution >= 0.6 is 11.6 Å². The van der Waals surface area contributed by atoms with Crippen molar-refractivity contribution in [3.8, 4) is 0 Å². The zero-order chi connectivity index (χ0) is 18.0. The van der Waals surface area contributed by atoms with Crippen molar-refractivity contribution >= 4 is 40.7 Å². The van der Waals surface area contributed by atoms with Gasteiger partial charge in [-0.05, 0) is 48.9 Å². The van der Waals surface area contributed by atoms with Crippen LogP contribution in [-0.4, -0.2) is 24.3 Å². The highest BCUT2D eigenvalue weighted by Crippen LogP contribution is 2.23. The Hall–Kier alpha value is -2.86. The first-order chi connectivity index (χ1) is 12.0. The second-order valence-corrected chi connectivity index (χ2v) is 6.12. The Balaban J connectivity index is 1.74. The van der Waals surface area contributed by atoms with Crippen LogP contribution < -0.4 is 16.0 Å². The van der Waals surface area contributed by atoms with E-state index >= 15 is 0 Å². The number of hydrogen-bond acceptors (Lipinski definition) is 3. The van der Waals surface area contributed by atoms with E-state index < -0.39 is 5.91 Å². The Morgan fingerprint density at radius 1 is 1.12 bits per heavy atom. The minimum Gasteiger partial charge on any atom is -0.366 e. The lowest BCUT2D eigenvalue weighted by Gasteiger charge is -2.16. The monoisotopic (exact) mass is 357 g/mol. The molecule has 0 bridgehead atoms. The number of hydrogen-bond donors (Lipinski definition) is 2. The number of nitrogens with zero attached hydrogens (tertiary/aromatic N) is 1. The molecule has 1 aliphatic rings. The zero-order valence-electron chi connectivity index (χ0n) is 13.3. The summed E-state index contributed by atoms with van der Waals surface area (Å²) >= 11 is 5.89. The third-order valence-electron chi connectivity index (χ3n) is 4.00. The number of rotatable bonds is 4. The molecule has 0 aromatic heterocycles. The summed E-state index contributed by atoms with van der Waals surface area (Å²) in [5.41, 5.74) is 7.02. The number of primary amides is 1. The average Bonchev–Trinajstić information content (AvgIpc) is 3.02. The van der Waals surface area contributed by atoms with E-state index in [2.05, 4.69) is 5.32 Å². The normalized spacial score (nSPS) is 13.8. The molecule has 0 atom stereocenters. The third kappa shape index (κ3) is 3.64. The van der Waals surface area contributed by atoms with Crippen molar-refractivity contribution in [2.24, 2.45) is 5.73 Å². The van der Waals surface area contributed by atoms with Crippen LogP contribution in [-0.2, 0) is 4.79 Å². The van der Waals surface area contributed by atoms with Gasteiger partial charge in [0.1, 0.15) is 0 Å². The van der Waals surface area contributed by atoms with E-state index in [1.54, 1.807) is 35.2 Å². The lowest BCUT2D eigenvalue weighted by molar-refractivity contribution is -0.117. The average molecular weight is 358 g/mol. The topological polar surface area (TPSA) is 92.5 Å². The highest BCUT2D eigenvalue weighted by atomic mass is 35.5. The molecule has 1 aliphatic heterocycles. The molecule has 3 N–H and O–H groups in total. The molecule has 1 heterocycles. The van der Waals surface area contributed by atoms with Crippen molar-refractivity contribution in [3.63, 3.8) is 0 Å². The summed E-state index contributed by atoms with van der Waals surface area (Å²) in [6.45, 7) is 0.699. The number of carbonyl (C=O) groups excluding carboxylic acids is 3. The van der Waals surface area contributed by atoms with Gasteiger partial charge in [-0.25, -0.2) is 0 Å². The van der Waals surface area contributed by atoms with E-state index in [0.29, 0.717) is 24.2 Å². The van der Waals surface area contributed by atoms with E-state index in [-0.39, 0.29) is 22.4 Å². The summed E-state index contributed by atoms with van der Waals surface area (Å²) < 4.78 is 0. The molecule has 2 aromatic carbocycles. The minimum absolute atomic E-state index is 0.0948. The maximum absolute atomic E-state index is 12.3. The van der Waals surface area contributed by atoms with Gasteiger partial charge in [0, 0.05) is 29.9 Å². The van der Waals surface area contributed by atoms with E-state index in [0.717, 1.165) is 12.1 Å². The second kappa shape index (κ2) is 6.94. The van der Waals surface area contributed by atoms with Crippen LogP contribution in [0.1, 0.15) is 33.6 Å². The number of anilines is 2. The van der Waals surface area contributed by atoms with E-state index in [4.69, 9.17) is 17.3 Å². The van der Waals surface area contributed by atoms with Gasteiger partial charge in [-0.1, -0.05) is 11.6 Å². The summed E-state index contributed by atoms with van der Waals surface area (Å²) in [6.07, 6.45) is 1.40. The molecular formula is C18H16ClN3O3. The molecule has 1 saturated heterocycles. The number of halogens is 1. The molecule has 6 nitrogen and oxygen atoms in total. The number of nitrogens with one attached hydrogen (secondary N) is 1. The third-order valence-corrected chi connectivity index (χ3v) is 4.33. The van der Waals surface area contributed by atoms with Gasteiger partial charge in [0.25, 0.3) is 5.91 Å². The van der Waals surface area contributed by atoms with Gasteiger partial charge in [0.05, 0.1) is 10.6 Å². The molecular weight excluding hydrogens is 342 g/mol. The van der Waals surface area contributed by atoms with Crippen LogP contribution in [0.3, 0.4) is 0 Å². The maximum Gasteiger partial charge on any atom is 0.255 e. The fourth-order valence-corrected chi connectivity index (χ4v) is 2.92. The Bertz CT molecular complexity index is 849. The molecule has 2 aromatic rings. The largest absolute Gasteiger partial charge is 0.366 e. The summed E-state index contributed by atoms with van der Waals surface area (Å²) in [7, 11) is 0. The van der Waals surface area contributed by atoms with Gasteiger partial charge in [-0.15, -0.1) is 0 Å². The van der Waals surface area contributed by atoms with Crippen molar-refractivity contribution in [2.75, 3.05) is 16.8 Å². The fourth-order valence-electron chi connectivity index (χ4n) is 2.71. The highest BCUT2D eigenvalue weighted by molar-refractivity contribution is 6.34. The molecule has 128 valence electrons. The number of nitrogens with two attached hydrogens (primary N) is 1. The lowest BCUT2D eigenvalue weighted by Crippen LogP contribution is -2.23. The predicted octanol–water partition coefficient (Wildman–Crippen LogP) is 2.82. The van der Waals surface area contributed by atoms with Crippen molar-refractivity contribution < 1.29 is 14.4 Å². The van der Waals surface area contributed by atoms with Crippen molar-refractivity contribution in [3.05, 3.63) is 58.6 Å². The van der Waals surface area contributed by atoms with Gasteiger partial charge in [0.15, 0.2) is 0 Å². The summed E-state index contributed by atoms with van der Waals surface area (Å²) in [5, 5.41) is 2.92. The van der Waals surface area contributed by atoms with Gasteiger partial charge < -0.3 is 16.0 Å². The summed E-state index contributed by atoms with van der Waals surface area (Å²) in [4.78, 5) is 37.1. The van der Waals surface area contributed by atoms with Gasteiger partial charge in [-0.3, -0.25) is 14.4 Å². The Kier molecular flexibility index (Phi) is 4.72. The molecule has 7 heteroatoms. The standard InChI is InChI=1S/C18H16ClN3O3/c19-15-8-5-12(10-14(15)17(20)24)21-18(25)11-3-6-13(7-4-11)22-9-1-2-16(22)23/h3-8,10H,1-2,9H2,(H2,20,24)(H,21,25). The zero-order valence-corrected chi connectivity index (χ0v) is 14.0. The second-order valence-electron chi connectivity index (χ2n) is 5.71. The van der Waals surface area contributed by atoms with E-state index in [9.17, 15) is 14.4 Å². The highest BCUT2D eigenvalue weighted by Gasteiger charge is 2.21. The summed E-state index contributed by atoms with van der Waals surface area (Å²) in [5.74, 6) is -0.907. The first kappa shape index (κ1) is 17.0. The molecule has 25 heavy (non-hydrogen) atoms. The van der Waals surface area contributed by atoms with Crippen LogP contribution in [0, 0.1) is 0 Å². The predicted molar refractivity (Wildman–Crippen MR) is 96.0 cm³/mol. The van der Waals surface area contributed by atoms with Crippen LogP contribution in [0.4, 0.5) is 11.4 Å². The van der Waals surface area contributed by atoms with Crippen molar-refractivity contribution in [2.45, 2.75) is 12.8 Å². The van der Waals surface area contributed by atoms with Gasteiger partial charge >= 0.3 is 0 Å². The molecule has 0 unspecified atom stereocenters. The van der Waals surface area contributed by atoms with Crippen LogP contribution in [0.25, 0.3) is 0 Å². The molecule has 3 amide bonds. The molecule has 0 radical (unpaired) electrons. The van der Waals surface area contributed by atoms with Crippen LogP contribution in [0.5, 0.6) is 0 Å². The first-order valence-corrected chi connectivity index (χ1v) is 8.14. The lowest BCUT2D eigenvalue weighted by atomic mass is 10.1. The van der Waals surface area contributed by atoms with Crippen molar-refractivity contribution in [1.82, 2.24) is 0 Å². The smallest absolute Gasteiger partial charge is 0.255 e. The summed E-state index contributed by atoms with van der Waals surface area (Å²) in [6, 6.07) is 11.3. The number of benzene rings is 2. The first-order valence-electron chi connectivity index (χ1n) is 7.77. The fraction of sp³-hybridized carbons (Fsp3) is 0.167. The SMILES string of the molecule is NC(=O)c1cc(NC(=O)c2ccc(N3CCCC3=O)cc2)ccc1Cl. The molecule has 0 spiro atoms. The van der Waals surface area contributed by atoms with E-state index in [1.165, 1.54) is 12.1 Å².